The maximum Gasteiger partial charge on any atom is 0.319 e. The van der Waals surface area contributed by atoms with E-state index in [0.717, 1.165) is 74.4 Å². The minimum absolute atomic E-state index is 0.170. The van der Waals surface area contributed by atoms with Gasteiger partial charge in [0.2, 0.25) is 0 Å². The van der Waals surface area contributed by atoms with Crippen molar-refractivity contribution >= 4 is 23.4 Å². The Bertz CT molecular complexity index is 1090. The van der Waals surface area contributed by atoms with Crippen LogP contribution in [0.2, 0.25) is 0 Å². The van der Waals surface area contributed by atoms with Gasteiger partial charge in [-0.3, -0.25) is 0 Å². The number of nitrogens with zero attached hydrogens (tertiary/aromatic N) is 2. The second-order valence-electron chi connectivity index (χ2n) is 14.6. The number of unbranched alkanes of at least 4 members (excludes halogenated alkanes) is 14. The van der Waals surface area contributed by atoms with Crippen LogP contribution in [0.4, 0.5) is 21.0 Å². The van der Waals surface area contributed by atoms with E-state index in [1.165, 1.54) is 89.9 Å². The van der Waals surface area contributed by atoms with Crippen molar-refractivity contribution in [3.63, 3.8) is 0 Å². The van der Waals surface area contributed by atoms with Gasteiger partial charge < -0.3 is 31.1 Å². The predicted molar refractivity (Wildman–Crippen MR) is 219 cm³/mol. The average Bonchev–Trinajstić information content (AvgIpc) is 3.11. The fourth-order valence-electron chi connectivity index (χ4n) is 6.42. The number of anilines is 2. The van der Waals surface area contributed by atoms with Crippen LogP contribution in [0, 0.1) is 0 Å². The highest BCUT2D eigenvalue weighted by atomic mass is 16.2. The number of urea groups is 2. The minimum atomic E-state index is -0.170. The summed E-state index contributed by atoms with van der Waals surface area (Å²) in [4.78, 5) is 29.9. The number of rotatable bonds is 30. The second-order valence-corrected chi connectivity index (χ2v) is 14.6. The van der Waals surface area contributed by atoms with E-state index in [2.05, 4.69) is 71.1 Å². The van der Waals surface area contributed by atoms with Crippen molar-refractivity contribution in [3.8, 4) is 0 Å². The summed E-state index contributed by atoms with van der Waals surface area (Å²) >= 11 is 0. The molecule has 0 aromatic heterocycles. The Labute approximate surface area is 312 Å². The molecule has 2 aromatic rings. The lowest BCUT2D eigenvalue weighted by Crippen LogP contribution is -2.30. The van der Waals surface area contributed by atoms with Crippen LogP contribution in [-0.4, -0.2) is 75.2 Å². The van der Waals surface area contributed by atoms with E-state index >= 15 is 0 Å². The number of benzene rings is 2. The molecular weight excluding hydrogens is 633 g/mol. The summed E-state index contributed by atoms with van der Waals surface area (Å²) in [5.41, 5.74) is 3.74. The Kier molecular flexibility index (Phi) is 25.5. The molecule has 0 atom stereocenters. The topological polar surface area (TPSA) is 88.7 Å². The fraction of sp³-hybridized carbons (Fsp3) is 0.674. The van der Waals surface area contributed by atoms with Crippen LogP contribution in [0.5, 0.6) is 0 Å². The van der Waals surface area contributed by atoms with Gasteiger partial charge in [0.25, 0.3) is 0 Å². The molecule has 0 saturated carbocycles. The fourth-order valence-corrected chi connectivity index (χ4v) is 6.42. The molecule has 8 heteroatoms. The van der Waals surface area contributed by atoms with Gasteiger partial charge in [0.05, 0.1) is 0 Å². The lowest BCUT2D eigenvalue weighted by Gasteiger charge is -2.16. The maximum atomic E-state index is 12.5. The predicted octanol–water partition coefficient (Wildman–Crippen LogP) is 10.4. The first kappa shape index (κ1) is 44.1. The van der Waals surface area contributed by atoms with Crippen LogP contribution >= 0.6 is 0 Å². The van der Waals surface area contributed by atoms with Gasteiger partial charge in [-0.2, -0.15) is 0 Å². The van der Waals surface area contributed by atoms with Crippen molar-refractivity contribution in [2.45, 2.75) is 136 Å². The van der Waals surface area contributed by atoms with Crippen molar-refractivity contribution in [1.29, 1.82) is 0 Å². The molecule has 0 spiro atoms. The summed E-state index contributed by atoms with van der Waals surface area (Å²) in [6.45, 7) is 10.3. The van der Waals surface area contributed by atoms with Crippen molar-refractivity contribution in [2.75, 3.05) is 64.0 Å². The van der Waals surface area contributed by atoms with Gasteiger partial charge in [0.15, 0.2) is 0 Å². The Hall–Kier alpha value is -3.10. The normalized spacial score (nSPS) is 11.3. The zero-order valence-corrected chi connectivity index (χ0v) is 33.0. The van der Waals surface area contributed by atoms with E-state index < -0.39 is 0 Å². The van der Waals surface area contributed by atoms with E-state index in [4.69, 9.17) is 0 Å². The Balaban J connectivity index is 1.58. The van der Waals surface area contributed by atoms with E-state index in [-0.39, 0.29) is 12.1 Å². The first-order valence-electron chi connectivity index (χ1n) is 20.5. The first-order valence-corrected chi connectivity index (χ1v) is 20.5. The Morgan fingerprint density at radius 3 is 1.24 bits per heavy atom. The molecule has 0 bridgehead atoms. The van der Waals surface area contributed by atoms with Crippen molar-refractivity contribution in [3.05, 3.63) is 59.7 Å². The SMILES string of the molecule is CCCCCCCCCN(C)CCCCNC(=O)Nc1cccc(Cc2cccc(NC(=O)NCCCCN(C)CCCCCCCCC)c2)c1. The molecule has 0 unspecified atom stereocenters. The van der Waals surface area contributed by atoms with E-state index in [9.17, 15) is 9.59 Å². The number of carbonyl (C=O) groups is 2. The molecule has 0 aliphatic heterocycles. The van der Waals surface area contributed by atoms with Crippen LogP contribution in [0.3, 0.4) is 0 Å². The molecule has 2 rings (SSSR count). The molecule has 0 aliphatic rings. The standard InChI is InChI=1S/C43H74N6O2/c1-5-7-9-11-13-15-19-31-48(3)33-21-17-29-44-42(50)46-40-27-23-25-38(36-40)35-39-26-24-28-41(37-39)47-43(51)45-30-18-22-34-49(4)32-20-16-14-12-10-8-6-2/h23-28,36-37H,5-22,29-35H2,1-4H3,(H2,44,46,50)(H2,45,47,51). The molecule has 0 fully saturated rings. The Morgan fingerprint density at radius 2 is 0.843 bits per heavy atom. The van der Waals surface area contributed by atoms with Crippen LogP contribution in [0.15, 0.2) is 48.5 Å². The summed E-state index contributed by atoms with van der Waals surface area (Å²) in [6.07, 6.45) is 23.6. The van der Waals surface area contributed by atoms with Gasteiger partial charge in [-0.05, 0) is 121 Å². The minimum Gasteiger partial charge on any atom is -0.338 e. The third-order valence-electron chi connectivity index (χ3n) is 9.57. The third-order valence-corrected chi connectivity index (χ3v) is 9.57. The van der Waals surface area contributed by atoms with Crippen molar-refractivity contribution < 1.29 is 9.59 Å². The van der Waals surface area contributed by atoms with Crippen LogP contribution < -0.4 is 21.3 Å². The number of nitrogens with one attached hydrogen (secondary N) is 4. The molecule has 0 radical (unpaired) electrons. The van der Waals surface area contributed by atoms with Crippen LogP contribution in [0.1, 0.15) is 141 Å². The molecule has 0 aliphatic carbocycles. The van der Waals surface area contributed by atoms with Crippen molar-refractivity contribution in [1.82, 2.24) is 20.4 Å². The molecule has 51 heavy (non-hydrogen) atoms. The second kappa shape index (κ2) is 29.5. The van der Waals surface area contributed by atoms with Crippen molar-refractivity contribution in [2.24, 2.45) is 0 Å². The van der Waals surface area contributed by atoms with Crippen LogP contribution in [0.25, 0.3) is 0 Å². The number of hydrogen-bond donors (Lipinski definition) is 4. The molecule has 0 saturated heterocycles. The first-order chi connectivity index (χ1) is 24.9. The molecule has 288 valence electrons. The molecule has 0 heterocycles. The van der Waals surface area contributed by atoms with Crippen LogP contribution in [-0.2, 0) is 6.42 Å². The monoisotopic (exact) mass is 707 g/mol. The number of carbonyl (C=O) groups excluding carboxylic acids is 2. The number of hydrogen-bond acceptors (Lipinski definition) is 4. The summed E-state index contributed by atoms with van der Waals surface area (Å²) in [7, 11) is 4.41. The molecule has 2 aromatic carbocycles. The summed E-state index contributed by atoms with van der Waals surface area (Å²) in [5, 5.41) is 12.0. The zero-order valence-electron chi connectivity index (χ0n) is 33.0. The zero-order chi connectivity index (χ0) is 36.8. The summed E-state index contributed by atoms with van der Waals surface area (Å²) in [5.74, 6) is 0. The largest absolute Gasteiger partial charge is 0.338 e. The summed E-state index contributed by atoms with van der Waals surface area (Å²) in [6, 6.07) is 15.6. The lowest BCUT2D eigenvalue weighted by molar-refractivity contribution is 0.250. The van der Waals surface area contributed by atoms with Gasteiger partial charge in [0, 0.05) is 24.5 Å². The maximum absolute atomic E-state index is 12.5. The van der Waals surface area contributed by atoms with E-state index in [1.54, 1.807) is 0 Å². The third kappa shape index (κ3) is 23.9. The molecule has 4 amide bonds. The quantitative estimate of drug-likeness (QED) is 0.0609. The molecular formula is C43H74N6O2. The highest BCUT2D eigenvalue weighted by Gasteiger charge is 2.07. The molecule has 4 N–H and O–H groups in total. The highest BCUT2D eigenvalue weighted by molar-refractivity contribution is 5.89. The lowest BCUT2D eigenvalue weighted by atomic mass is 10.0. The van der Waals surface area contributed by atoms with E-state index in [0.29, 0.717) is 19.5 Å². The molecule has 8 nitrogen and oxygen atoms in total. The van der Waals surface area contributed by atoms with Gasteiger partial charge in [0.1, 0.15) is 0 Å². The van der Waals surface area contributed by atoms with Gasteiger partial charge in [-0.1, -0.05) is 115 Å². The Morgan fingerprint density at radius 1 is 0.490 bits per heavy atom. The highest BCUT2D eigenvalue weighted by Crippen LogP contribution is 2.18. The van der Waals surface area contributed by atoms with Gasteiger partial charge >= 0.3 is 12.1 Å². The average molecular weight is 707 g/mol. The summed E-state index contributed by atoms with van der Waals surface area (Å²) < 4.78 is 0. The van der Waals surface area contributed by atoms with Gasteiger partial charge in [-0.15, -0.1) is 0 Å². The van der Waals surface area contributed by atoms with E-state index in [1.807, 2.05) is 36.4 Å². The smallest absolute Gasteiger partial charge is 0.319 e. The number of amides is 4. The van der Waals surface area contributed by atoms with Gasteiger partial charge in [-0.25, -0.2) is 9.59 Å².